The standard InChI is InChI=1S/C13H14N2O2S/c1-8-5-4-6-10(7-8)15(3)13-14-9(2)11(18-13)12(16)17/h4-7H,1-3H3,(H,16,17). The maximum Gasteiger partial charge on any atom is 0.347 e. The van der Waals surface area contributed by atoms with Gasteiger partial charge in [0.2, 0.25) is 0 Å². The number of nitrogens with zero attached hydrogens (tertiary/aromatic N) is 2. The Morgan fingerprint density at radius 1 is 1.39 bits per heavy atom. The molecule has 4 nitrogen and oxygen atoms in total. The lowest BCUT2D eigenvalue weighted by Crippen LogP contribution is -2.08. The molecule has 0 amide bonds. The van der Waals surface area contributed by atoms with Crippen LogP contribution >= 0.6 is 11.3 Å². The number of carboxylic acid groups (broad SMARTS) is 1. The quantitative estimate of drug-likeness (QED) is 0.922. The van der Waals surface area contributed by atoms with Gasteiger partial charge in [-0.3, -0.25) is 0 Å². The summed E-state index contributed by atoms with van der Waals surface area (Å²) in [5.41, 5.74) is 2.72. The van der Waals surface area contributed by atoms with Gasteiger partial charge in [-0.25, -0.2) is 9.78 Å². The van der Waals surface area contributed by atoms with Gasteiger partial charge in [-0.05, 0) is 31.5 Å². The van der Waals surface area contributed by atoms with Crippen LogP contribution in [0.3, 0.4) is 0 Å². The van der Waals surface area contributed by atoms with E-state index in [9.17, 15) is 4.79 Å². The van der Waals surface area contributed by atoms with E-state index in [1.54, 1.807) is 6.92 Å². The lowest BCUT2D eigenvalue weighted by molar-refractivity contribution is 0.0701. The van der Waals surface area contributed by atoms with Crippen molar-refractivity contribution in [3.8, 4) is 0 Å². The molecule has 0 radical (unpaired) electrons. The van der Waals surface area contributed by atoms with E-state index in [1.807, 2.05) is 43.1 Å². The topological polar surface area (TPSA) is 53.4 Å². The molecule has 1 N–H and O–H groups in total. The summed E-state index contributed by atoms with van der Waals surface area (Å²) in [4.78, 5) is 17.5. The van der Waals surface area contributed by atoms with Crippen LogP contribution in [0.25, 0.3) is 0 Å². The normalized spacial score (nSPS) is 10.4. The van der Waals surface area contributed by atoms with E-state index in [0.717, 1.165) is 11.3 Å². The Balaban J connectivity index is 2.37. The molecular weight excluding hydrogens is 248 g/mol. The second-order valence-electron chi connectivity index (χ2n) is 4.11. The summed E-state index contributed by atoms with van der Waals surface area (Å²) in [7, 11) is 1.89. The number of aryl methyl sites for hydroxylation is 2. The maximum atomic E-state index is 11.0. The molecule has 0 bridgehead atoms. The largest absolute Gasteiger partial charge is 0.477 e. The van der Waals surface area contributed by atoms with E-state index >= 15 is 0 Å². The Hall–Kier alpha value is -1.88. The van der Waals surface area contributed by atoms with Crippen molar-refractivity contribution in [3.05, 3.63) is 40.4 Å². The minimum Gasteiger partial charge on any atom is -0.477 e. The third-order valence-electron chi connectivity index (χ3n) is 2.66. The van der Waals surface area contributed by atoms with E-state index < -0.39 is 5.97 Å². The second-order valence-corrected chi connectivity index (χ2v) is 5.09. The van der Waals surface area contributed by atoms with Crippen LogP contribution in [0.15, 0.2) is 24.3 Å². The van der Waals surface area contributed by atoms with Crippen molar-refractivity contribution in [2.75, 3.05) is 11.9 Å². The highest BCUT2D eigenvalue weighted by molar-refractivity contribution is 7.17. The van der Waals surface area contributed by atoms with Crippen LogP contribution in [-0.4, -0.2) is 23.1 Å². The lowest BCUT2D eigenvalue weighted by Gasteiger charge is -2.16. The summed E-state index contributed by atoms with van der Waals surface area (Å²) in [5, 5.41) is 9.72. The molecular formula is C13H14N2O2S. The molecule has 0 atom stereocenters. The van der Waals surface area contributed by atoms with E-state index in [0.29, 0.717) is 15.7 Å². The predicted octanol–water partition coefficient (Wildman–Crippen LogP) is 3.23. The molecule has 0 saturated carbocycles. The molecule has 0 spiro atoms. The van der Waals surface area contributed by atoms with Gasteiger partial charge in [-0.1, -0.05) is 23.5 Å². The molecule has 0 saturated heterocycles. The average molecular weight is 262 g/mol. The van der Waals surface area contributed by atoms with E-state index in [-0.39, 0.29) is 0 Å². The summed E-state index contributed by atoms with van der Waals surface area (Å²) < 4.78 is 0. The molecule has 1 heterocycles. The van der Waals surface area contributed by atoms with Crippen molar-refractivity contribution in [3.63, 3.8) is 0 Å². The zero-order chi connectivity index (χ0) is 13.3. The van der Waals surface area contributed by atoms with Crippen LogP contribution in [0.4, 0.5) is 10.8 Å². The molecule has 94 valence electrons. The SMILES string of the molecule is Cc1cccc(N(C)c2nc(C)c(C(=O)O)s2)c1. The second kappa shape index (κ2) is 4.78. The number of hydrogen-bond acceptors (Lipinski definition) is 4. The van der Waals surface area contributed by atoms with Crippen LogP contribution in [-0.2, 0) is 0 Å². The van der Waals surface area contributed by atoms with Gasteiger partial charge in [0.05, 0.1) is 5.69 Å². The van der Waals surface area contributed by atoms with Crippen LogP contribution in [0.5, 0.6) is 0 Å². The van der Waals surface area contributed by atoms with Crippen molar-refractivity contribution in [1.29, 1.82) is 0 Å². The Kier molecular flexibility index (Phi) is 3.34. The first-order valence-corrected chi connectivity index (χ1v) is 6.32. The van der Waals surface area contributed by atoms with Gasteiger partial charge in [-0.15, -0.1) is 0 Å². The highest BCUT2D eigenvalue weighted by Crippen LogP contribution is 2.30. The van der Waals surface area contributed by atoms with Gasteiger partial charge in [0.1, 0.15) is 4.88 Å². The molecule has 18 heavy (non-hydrogen) atoms. The maximum absolute atomic E-state index is 11.0. The summed E-state index contributed by atoms with van der Waals surface area (Å²) >= 11 is 1.19. The van der Waals surface area contributed by atoms with Crippen molar-refractivity contribution in [2.45, 2.75) is 13.8 Å². The van der Waals surface area contributed by atoms with E-state index in [1.165, 1.54) is 11.3 Å². The molecule has 0 fully saturated rings. The zero-order valence-electron chi connectivity index (χ0n) is 10.5. The molecule has 2 rings (SSSR count). The van der Waals surface area contributed by atoms with Gasteiger partial charge >= 0.3 is 5.97 Å². The number of anilines is 2. The number of thiazole rings is 1. The highest BCUT2D eigenvalue weighted by Gasteiger charge is 2.16. The van der Waals surface area contributed by atoms with Gasteiger partial charge in [0.15, 0.2) is 5.13 Å². The fraction of sp³-hybridized carbons (Fsp3) is 0.231. The molecule has 0 aliphatic rings. The number of benzene rings is 1. The van der Waals surface area contributed by atoms with E-state index in [4.69, 9.17) is 5.11 Å². The smallest absolute Gasteiger partial charge is 0.347 e. The number of carboxylic acids is 1. The number of aromatic nitrogens is 1. The summed E-state index contributed by atoms with van der Waals surface area (Å²) in [6.45, 7) is 3.74. The first-order valence-electron chi connectivity index (χ1n) is 5.50. The number of carbonyl (C=O) groups is 1. The molecule has 0 aliphatic carbocycles. The predicted molar refractivity (Wildman–Crippen MR) is 73.1 cm³/mol. The molecule has 1 aromatic heterocycles. The highest BCUT2D eigenvalue weighted by atomic mass is 32.1. The monoisotopic (exact) mass is 262 g/mol. The molecule has 2 aromatic rings. The molecule has 1 aromatic carbocycles. The Morgan fingerprint density at radius 3 is 2.67 bits per heavy atom. The van der Waals surface area contributed by atoms with Crippen molar-refractivity contribution >= 4 is 28.1 Å². The van der Waals surface area contributed by atoms with Crippen molar-refractivity contribution in [2.24, 2.45) is 0 Å². The van der Waals surface area contributed by atoms with Gasteiger partial charge < -0.3 is 10.0 Å². The summed E-state index contributed by atoms with van der Waals surface area (Å²) in [6.07, 6.45) is 0. The van der Waals surface area contributed by atoms with E-state index in [2.05, 4.69) is 4.98 Å². The minimum atomic E-state index is -0.922. The number of aromatic carboxylic acids is 1. The summed E-state index contributed by atoms with van der Waals surface area (Å²) in [5.74, 6) is -0.922. The molecule has 0 unspecified atom stereocenters. The zero-order valence-corrected chi connectivity index (χ0v) is 11.3. The number of hydrogen-bond donors (Lipinski definition) is 1. The first-order chi connectivity index (χ1) is 8.49. The Bertz CT molecular complexity index is 592. The Morgan fingerprint density at radius 2 is 2.11 bits per heavy atom. The van der Waals surface area contributed by atoms with Gasteiger partial charge in [0.25, 0.3) is 0 Å². The minimum absolute atomic E-state index is 0.296. The number of rotatable bonds is 3. The van der Waals surface area contributed by atoms with Gasteiger partial charge in [-0.2, -0.15) is 0 Å². The Labute approximate surface area is 110 Å². The van der Waals surface area contributed by atoms with Crippen LogP contribution in [0.1, 0.15) is 20.9 Å². The fourth-order valence-corrected chi connectivity index (χ4v) is 2.56. The van der Waals surface area contributed by atoms with Crippen LogP contribution < -0.4 is 4.90 Å². The third-order valence-corrected chi connectivity index (χ3v) is 3.88. The lowest BCUT2D eigenvalue weighted by atomic mass is 10.2. The summed E-state index contributed by atoms with van der Waals surface area (Å²) in [6, 6.07) is 8.01. The molecule has 5 heteroatoms. The van der Waals surface area contributed by atoms with Crippen LogP contribution in [0, 0.1) is 13.8 Å². The first kappa shape index (κ1) is 12.6. The molecule has 0 aliphatic heterocycles. The fourth-order valence-electron chi connectivity index (χ4n) is 1.67. The van der Waals surface area contributed by atoms with Crippen molar-refractivity contribution in [1.82, 2.24) is 4.98 Å². The average Bonchev–Trinajstić information content (AvgIpc) is 2.70. The van der Waals surface area contributed by atoms with Gasteiger partial charge in [0, 0.05) is 12.7 Å². The van der Waals surface area contributed by atoms with Crippen LogP contribution in [0.2, 0.25) is 0 Å². The third kappa shape index (κ3) is 2.36. The van der Waals surface area contributed by atoms with Crippen molar-refractivity contribution < 1.29 is 9.90 Å².